The molecule has 1 aromatic carbocycles. The van der Waals surface area contributed by atoms with Crippen LogP contribution in [-0.4, -0.2) is 9.55 Å². The van der Waals surface area contributed by atoms with Gasteiger partial charge in [0, 0.05) is 23.0 Å². The van der Waals surface area contributed by atoms with Gasteiger partial charge in [0.1, 0.15) is 17.3 Å². The zero-order valence-corrected chi connectivity index (χ0v) is 13.5. The Bertz CT molecular complexity index is 618. The average molecular weight is 312 g/mol. The summed E-state index contributed by atoms with van der Waals surface area (Å²) in [7, 11) is 0. The first kappa shape index (κ1) is 15.2. The fourth-order valence-electron chi connectivity index (χ4n) is 2.35. The molecule has 0 atom stereocenters. The molecule has 0 bridgehead atoms. The summed E-state index contributed by atoms with van der Waals surface area (Å²) in [6.45, 7) is 6.33. The molecule has 1 heterocycles. The van der Waals surface area contributed by atoms with Crippen LogP contribution in [0.5, 0.6) is 0 Å². The van der Waals surface area contributed by atoms with Gasteiger partial charge in [0.15, 0.2) is 0 Å². The Morgan fingerprint density at radius 2 is 2.00 bits per heavy atom. The highest BCUT2D eigenvalue weighted by molar-refractivity contribution is 6.36. The molecule has 0 aliphatic rings. The van der Waals surface area contributed by atoms with E-state index >= 15 is 0 Å². The number of hydrogen-bond acceptors (Lipinski definition) is 2. The van der Waals surface area contributed by atoms with Crippen molar-refractivity contribution in [2.45, 2.75) is 39.7 Å². The summed E-state index contributed by atoms with van der Waals surface area (Å²) < 4.78 is 2.07. The van der Waals surface area contributed by atoms with Crippen molar-refractivity contribution >= 4 is 29.0 Å². The van der Waals surface area contributed by atoms with Gasteiger partial charge in [0.2, 0.25) is 0 Å². The van der Waals surface area contributed by atoms with Gasteiger partial charge in [-0.3, -0.25) is 0 Å². The lowest BCUT2D eigenvalue weighted by atomic mass is 10.1. The number of benzene rings is 1. The van der Waals surface area contributed by atoms with Crippen molar-refractivity contribution < 1.29 is 0 Å². The minimum absolute atomic E-state index is 0.267. The molecule has 0 aliphatic carbocycles. The quantitative estimate of drug-likeness (QED) is 0.866. The number of anilines is 1. The summed E-state index contributed by atoms with van der Waals surface area (Å²) in [5.74, 6) is 1.66. The summed E-state index contributed by atoms with van der Waals surface area (Å²) >= 11 is 12.2. The van der Waals surface area contributed by atoms with Crippen LogP contribution in [0.2, 0.25) is 10.0 Å². The molecule has 0 radical (unpaired) electrons. The lowest BCUT2D eigenvalue weighted by Gasteiger charge is -2.13. The number of aryl methyl sites for hydroxylation is 1. The van der Waals surface area contributed by atoms with Crippen molar-refractivity contribution in [3.8, 4) is 11.3 Å². The molecule has 0 fully saturated rings. The van der Waals surface area contributed by atoms with Crippen LogP contribution in [0.1, 0.15) is 39.1 Å². The monoisotopic (exact) mass is 311 g/mol. The normalized spacial score (nSPS) is 11.3. The molecule has 2 N–H and O–H groups in total. The van der Waals surface area contributed by atoms with E-state index in [9.17, 15) is 0 Å². The van der Waals surface area contributed by atoms with Crippen molar-refractivity contribution in [3.63, 3.8) is 0 Å². The number of aromatic nitrogens is 2. The van der Waals surface area contributed by atoms with Gasteiger partial charge in [-0.2, -0.15) is 0 Å². The molecule has 0 amide bonds. The van der Waals surface area contributed by atoms with Gasteiger partial charge in [0.25, 0.3) is 0 Å². The molecule has 1 aromatic heterocycles. The lowest BCUT2D eigenvalue weighted by Crippen LogP contribution is -2.09. The fourth-order valence-corrected chi connectivity index (χ4v) is 2.85. The highest BCUT2D eigenvalue weighted by Gasteiger charge is 2.19. The number of nitrogens with zero attached hydrogens (tertiary/aromatic N) is 2. The third-order valence-electron chi connectivity index (χ3n) is 3.20. The Balaban J connectivity index is 2.60. The zero-order chi connectivity index (χ0) is 14.9. The van der Waals surface area contributed by atoms with Gasteiger partial charge in [-0.15, -0.1) is 0 Å². The van der Waals surface area contributed by atoms with E-state index in [1.54, 1.807) is 12.1 Å². The van der Waals surface area contributed by atoms with Crippen LogP contribution >= 0.6 is 23.2 Å². The second kappa shape index (κ2) is 6.06. The largest absolute Gasteiger partial charge is 0.383 e. The third kappa shape index (κ3) is 2.79. The second-order valence-corrected chi connectivity index (χ2v) is 5.94. The highest BCUT2D eigenvalue weighted by atomic mass is 35.5. The number of nitrogens with two attached hydrogens (primary N) is 1. The van der Waals surface area contributed by atoms with Crippen molar-refractivity contribution in [2.24, 2.45) is 0 Å². The van der Waals surface area contributed by atoms with Crippen molar-refractivity contribution in [3.05, 3.63) is 34.1 Å². The SMILES string of the molecule is CCCc1nc(-c2ccc(Cl)cc2Cl)c(N)n1C(C)C. The zero-order valence-electron chi connectivity index (χ0n) is 12.0. The predicted octanol–water partition coefficient (Wildman–Crippen LogP) is 4.97. The predicted molar refractivity (Wildman–Crippen MR) is 86.5 cm³/mol. The number of nitrogen functional groups attached to an aromatic ring is 1. The van der Waals surface area contributed by atoms with Crippen LogP contribution < -0.4 is 5.73 Å². The van der Waals surface area contributed by atoms with Gasteiger partial charge in [-0.25, -0.2) is 4.98 Å². The van der Waals surface area contributed by atoms with Gasteiger partial charge in [0.05, 0.1) is 5.02 Å². The van der Waals surface area contributed by atoms with Crippen LogP contribution in [-0.2, 0) is 6.42 Å². The highest BCUT2D eigenvalue weighted by Crippen LogP contribution is 2.35. The van der Waals surface area contributed by atoms with Gasteiger partial charge in [-0.05, 0) is 38.5 Å². The minimum Gasteiger partial charge on any atom is -0.383 e. The molecule has 3 nitrogen and oxygen atoms in total. The van der Waals surface area contributed by atoms with Crippen LogP contribution in [0.15, 0.2) is 18.2 Å². The Hall–Kier alpha value is -1.19. The molecular formula is C15H19Cl2N3. The van der Waals surface area contributed by atoms with E-state index in [-0.39, 0.29) is 6.04 Å². The number of imidazole rings is 1. The van der Waals surface area contributed by atoms with Gasteiger partial charge in [-0.1, -0.05) is 30.1 Å². The van der Waals surface area contributed by atoms with E-state index in [1.807, 2.05) is 6.07 Å². The average Bonchev–Trinajstić information content (AvgIpc) is 2.67. The van der Waals surface area contributed by atoms with Crippen molar-refractivity contribution in [1.82, 2.24) is 9.55 Å². The molecule has 108 valence electrons. The summed E-state index contributed by atoms with van der Waals surface area (Å²) in [5.41, 5.74) is 7.85. The first-order valence-corrected chi connectivity index (χ1v) is 7.53. The van der Waals surface area contributed by atoms with Gasteiger partial charge >= 0.3 is 0 Å². The van der Waals surface area contributed by atoms with Crippen LogP contribution in [0, 0.1) is 0 Å². The molecule has 2 aromatic rings. The summed E-state index contributed by atoms with van der Waals surface area (Å²) in [6, 6.07) is 5.65. The molecule has 0 unspecified atom stereocenters. The van der Waals surface area contributed by atoms with E-state index in [1.165, 1.54) is 0 Å². The number of halogens is 2. The van der Waals surface area contributed by atoms with Crippen molar-refractivity contribution in [2.75, 3.05) is 5.73 Å². The summed E-state index contributed by atoms with van der Waals surface area (Å²) in [4.78, 5) is 4.69. The first-order chi connectivity index (χ1) is 9.45. The van der Waals surface area contributed by atoms with Crippen molar-refractivity contribution in [1.29, 1.82) is 0 Å². The maximum absolute atomic E-state index is 6.28. The first-order valence-electron chi connectivity index (χ1n) is 6.77. The maximum atomic E-state index is 6.28. The molecule has 0 aliphatic heterocycles. The molecule has 0 spiro atoms. The van der Waals surface area contributed by atoms with E-state index < -0.39 is 0 Å². The molecule has 2 rings (SSSR count). The van der Waals surface area contributed by atoms with E-state index in [4.69, 9.17) is 33.9 Å². The molecule has 0 saturated heterocycles. The van der Waals surface area contributed by atoms with Gasteiger partial charge < -0.3 is 10.3 Å². The van der Waals surface area contributed by atoms with Crippen LogP contribution in [0.4, 0.5) is 5.82 Å². The van der Waals surface area contributed by atoms with E-state index in [0.717, 1.165) is 29.9 Å². The molecule has 0 saturated carbocycles. The molecule has 20 heavy (non-hydrogen) atoms. The Morgan fingerprint density at radius 3 is 2.55 bits per heavy atom. The Morgan fingerprint density at radius 1 is 1.30 bits per heavy atom. The fraction of sp³-hybridized carbons (Fsp3) is 0.400. The molecule has 5 heteroatoms. The summed E-state index contributed by atoms with van der Waals surface area (Å²) in [6.07, 6.45) is 1.92. The number of rotatable bonds is 4. The lowest BCUT2D eigenvalue weighted by molar-refractivity contribution is 0.571. The summed E-state index contributed by atoms with van der Waals surface area (Å²) in [5, 5.41) is 1.18. The Labute approximate surface area is 129 Å². The Kier molecular flexibility index (Phi) is 4.61. The topological polar surface area (TPSA) is 43.8 Å². The van der Waals surface area contributed by atoms with Crippen LogP contribution in [0.25, 0.3) is 11.3 Å². The minimum atomic E-state index is 0.267. The second-order valence-electron chi connectivity index (χ2n) is 5.10. The third-order valence-corrected chi connectivity index (χ3v) is 3.75. The van der Waals surface area contributed by atoms with Crippen LogP contribution in [0.3, 0.4) is 0 Å². The maximum Gasteiger partial charge on any atom is 0.132 e. The standard InChI is InChI=1S/C15H19Cl2N3/c1-4-5-13-19-14(15(18)20(13)9(2)3)11-7-6-10(16)8-12(11)17/h6-9H,4-5,18H2,1-3H3. The molecular weight excluding hydrogens is 293 g/mol. The number of hydrogen-bond donors (Lipinski definition) is 1. The van der Waals surface area contributed by atoms with E-state index in [0.29, 0.717) is 15.9 Å². The smallest absolute Gasteiger partial charge is 0.132 e. The van der Waals surface area contributed by atoms with E-state index in [2.05, 4.69) is 25.3 Å².